The number of ether oxygens (including phenoxy) is 2. The van der Waals surface area contributed by atoms with E-state index in [9.17, 15) is 9.59 Å². The number of esters is 1. The van der Waals surface area contributed by atoms with Gasteiger partial charge in [-0.05, 0) is 62.1 Å². The van der Waals surface area contributed by atoms with Gasteiger partial charge in [-0.1, -0.05) is 25.1 Å². The van der Waals surface area contributed by atoms with E-state index in [4.69, 9.17) is 9.47 Å². The van der Waals surface area contributed by atoms with Crippen molar-refractivity contribution in [3.8, 4) is 5.75 Å². The van der Waals surface area contributed by atoms with E-state index in [1.54, 1.807) is 24.3 Å². The van der Waals surface area contributed by atoms with Crippen molar-refractivity contribution in [2.75, 3.05) is 18.5 Å². The maximum atomic E-state index is 12.1. The lowest BCUT2D eigenvalue weighted by atomic mass is 10.1. The van der Waals surface area contributed by atoms with Gasteiger partial charge >= 0.3 is 5.97 Å². The summed E-state index contributed by atoms with van der Waals surface area (Å²) >= 11 is 0. The first kappa shape index (κ1) is 20.5. The Kier molecular flexibility index (Phi) is 7.86. The molecule has 5 heteroatoms. The predicted molar refractivity (Wildman–Crippen MR) is 106 cm³/mol. The molecule has 2 rings (SSSR count). The highest BCUT2D eigenvalue weighted by molar-refractivity contribution is 5.94. The van der Waals surface area contributed by atoms with Gasteiger partial charge < -0.3 is 14.8 Å². The second-order valence-electron chi connectivity index (χ2n) is 6.49. The third kappa shape index (κ3) is 6.77. The number of amides is 1. The summed E-state index contributed by atoms with van der Waals surface area (Å²) in [5.41, 5.74) is 3.24. The monoisotopic (exact) mass is 369 g/mol. The van der Waals surface area contributed by atoms with Crippen molar-refractivity contribution in [1.29, 1.82) is 0 Å². The van der Waals surface area contributed by atoms with Crippen LogP contribution in [0.2, 0.25) is 0 Å². The summed E-state index contributed by atoms with van der Waals surface area (Å²) in [6.07, 6.45) is 1.72. The Hall–Kier alpha value is -2.82. The number of benzene rings is 2. The average molecular weight is 369 g/mol. The number of rotatable bonds is 9. The molecule has 0 heterocycles. The number of anilines is 1. The van der Waals surface area contributed by atoms with Gasteiger partial charge in [-0.2, -0.15) is 0 Å². The van der Waals surface area contributed by atoms with E-state index in [-0.39, 0.29) is 11.9 Å². The predicted octanol–water partition coefficient (Wildman–Crippen LogP) is 4.67. The van der Waals surface area contributed by atoms with Crippen LogP contribution in [0.3, 0.4) is 0 Å². The summed E-state index contributed by atoms with van der Waals surface area (Å²) in [7, 11) is 0. The summed E-state index contributed by atoms with van der Waals surface area (Å²) < 4.78 is 10.9. The quantitative estimate of drug-likeness (QED) is 0.515. The number of carbonyl (C=O) groups is 2. The lowest BCUT2D eigenvalue weighted by Gasteiger charge is -2.10. The van der Waals surface area contributed by atoms with E-state index in [1.165, 1.54) is 0 Å². The zero-order valence-corrected chi connectivity index (χ0v) is 16.2. The SMILES string of the molecule is CCCOC(=O)c1cccc(NC(=O)CCCOc2cc(C)ccc2C)c1. The van der Waals surface area contributed by atoms with Crippen LogP contribution in [-0.4, -0.2) is 25.1 Å². The van der Waals surface area contributed by atoms with Crippen LogP contribution in [0.25, 0.3) is 0 Å². The molecular weight excluding hydrogens is 342 g/mol. The van der Waals surface area contributed by atoms with Crippen LogP contribution in [0.1, 0.15) is 47.7 Å². The van der Waals surface area contributed by atoms with Gasteiger partial charge in [0.1, 0.15) is 5.75 Å². The molecule has 0 bridgehead atoms. The van der Waals surface area contributed by atoms with E-state index >= 15 is 0 Å². The van der Waals surface area contributed by atoms with E-state index < -0.39 is 0 Å². The molecule has 0 atom stereocenters. The van der Waals surface area contributed by atoms with E-state index in [0.29, 0.717) is 37.3 Å². The van der Waals surface area contributed by atoms with Crippen molar-refractivity contribution >= 4 is 17.6 Å². The maximum Gasteiger partial charge on any atom is 0.338 e. The topological polar surface area (TPSA) is 64.6 Å². The van der Waals surface area contributed by atoms with Crippen LogP contribution in [0.15, 0.2) is 42.5 Å². The second-order valence-corrected chi connectivity index (χ2v) is 6.49. The molecule has 0 radical (unpaired) electrons. The van der Waals surface area contributed by atoms with Crippen LogP contribution in [0.4, 0.5) is 5.69 Å². The first-order chi connectivity index (χ1) is 13.0. The zero-order chi connectivity index (χ0) is 19.6. The van der Waals surface area contributed by atoms with Crippen LogP contribution >= 0.6 is 0 Å². The van der Waals surface area contributed by atoms with Crippen LogP contribution in [0.5, 0.6) is 5.75 Å². The van der Waals surface area contributed by atoms with Gasteiger partial charge in [0, 0.05) is 12.1 Å². The van der Waals surface area contributed by atoms with Gasteiger partial charge in [0.15, 0.2) is 0 Å². The van der Waals surface area contributed by atoms with Gasteiger partial charge in [-0.3, -0.25) is 4.79 Å². The fourth-order valence-electron chi connectivity index (χ4n) is 2.50. The third-order valence-corrected chi connectivity index (χ3v) is 3.97. The van der Waals surface area contributed by atoms with Crippen molar-refractivity contribution in [3.05, 3.63) is 59.2 Å². The van der Waals surface area contributed by atoms with Gasteiger partial charge in [0.05, 0.1) is 18.8 Å². The summed E-state index contributed by atoms with van der Waals surface area (Å²) in [5.74, 6) is 0.363. The zero-order valence-electron chi connectivity index (χ0n) is 16.2. The van der Waals surface area contributed by atoms with Crippen molar-refractivity contribution in [3.63, 3.8) is 0 Å². The summed E-state index contributed by atoms with van der Waals surface area (Å²) in [6, 6.07) is 12.8. The Morgan fingerprint density at radius 2 is 1.85 bits per heavy atom. The van der Waals surface area contributed by atoms with Gasteiger partial charge in [-0.25, -0.2) is 4.79 Å². The minimum Gasteiger partial charge on any atom is -0.493 e. The van der Waals surface area contributed by atoms with E-state index in [1.807, 2.05) is 39.0 Å². The van der Waals surface area contributed by atoms with Crippen LogP contribution in [-0.2, 0) is 9.53 Å². The number of carbonyl (C=O) groups excluding carboxylic acids is 2. The molecule has 0 saturated carbocycles. The standard InChI is InChI=1S/C22H27NO4/c1-4-12-27-22(25)18-7-5-8-19(15-18)23-21(24)9-6-13-26-20-14-16(2)10-11-17(20)3/h5,7-8,10-11,14-15H,4,6,9,12-13H2,1-3H3,(H,23,24). The average Bonchev–Trinajstić information content (AvgIpc) is 2.66. The number of aryl methyl sites for hydroxylation is 2. The van der Waals surface area contributed by atoms with E-state index in [2.05, 4.69) is 5.32 Å². The number of hydrogen-bond donors (Lipinski definition) is 1. The molecular formula is C22H27NO4. The molecule has 2 aromatic carbocycles. The minimum absolute atomic E-state index is 0.112. The Bertz CT molecular complexity index is 786. The lowest BCUT2D eigenvalue weighted by Crippen LogP contribution is -2.14. The summed E-state index contributed by atoms with van der Waals surface area (Å²) in [4.78, 5) is 24.0. The molecule has 0 unspecified atom stereocenters. The summed E-state index contributed by atoms with van der Waals surface area (Å²) in [5, 5.41) is 2.81. The molecule has 0 saturated heterocycles. The third-order valence-electron chi connectivity index (χ3n) is 3.97. The molecule has 1 amide bonds. The molecule has 0 aliphatic rings. The highest BCUT2D eigenvalue weighted by Crippen LogP contribution is 2.19. The molecule has 0 aliphatic heterocycles. The molecule has 5 nitrogen and oxygen atoms in total. The lowest BCUT2D eigenvalue weighted by molar-refractivity contribution is -0.116. The van der Waals surface area contributed by atoms with Gasteiger partial charge in [0.25, 0.3) is 0 Å². The molecule has 0 aliphatic carbocycles. The molecule has 2 aromatic rings. The molecule has 1 N–H and O–H groups in total. The molecule has 0 aromatic heterocycles. The molecule has 144 valence electrons. The van der Waals surface area contributed by atoms with Crippen molar-refractivity contribution in [2.24, 2.45) is 0 Å². The second kappa shape index (κ2) is 10.4. The summed E-state index contributed by atoms with van der Waals surface area (Å²) in [6.45, 7) is 6.82. The highest BCUT2D eigenvalue weighted by atomic mass is 16.5. The van der Waals surface area contributed by atoms with Crippen molar-refractivity contribution in [1.82, 2.24) is 0 Å². The Morgan fingerprint density at radius 3 is 2.63 bits per heavy atom. The normalized spacial score (nSPS) is 10.3. The molecule has 27 heavy (non-hydrogen) atoms. The van der Waals surface area contributed by atoms with Crippen LogP contribution < -0.4 is 10.1 Å². The smallest absolute Gasteiger partial charge is 0.338 e. The number of nitrogens with one attached hydrogen (secondary N) is 1. The Labute approximate surface area is 160 Å². The first-order valence-electron chi connectivity index (χ1n) is 9.26. The maximum absolute atomic E-state index is 12.1. The van der Waals surface area contributed by atoms with Crippen LogP contribution in [0, 0.1) is 13.8 Å². The fourth-order valence-corrected chi connectivity index (χ4v) is 2.50. The van der Waals surface area contributed by atoms with Gasteiger partial charge in [0.2, 0.25) is 5.91 Å². The Balaban J connectivity index is 1.78. The Morgan fingerprint density at radius 1 is 1.04 bits per heavy atom. The largest absolute Gasteiger partial charge is 0.493 e. The highest BCUT2D eigenvalue weighted by Gasteiger charge is 2.09. The number of hydrogen-bond acceptors (Lipinski definition) is 4. The minimum atomic E-state index is -0.380. The first-order valence-corrected chi connectivity index (χ1v) is 9.26. The molecule has 0 spiro atoms. The van der Waals surface area contributed by atoms with Gasteiger partial charge in [-0.15, -0.1) is 0 Å². The van der Waals surface area contributed by atoms with E-state index in [0.717, 1.165) is 23.3 Å². The molecule has 0 fully saturated rings. The van der Waals surface area contributed by atoms with Crippen molar-refractivity contribution in [2.45, 2.75) is 40.0 Å². The van der Waals surface area contributed by atoms with Crippen molar-refractivity contribution < 1.29 is 19.1 Å². The fraction of sp³-hybridized carbons (Fsp3) is 0.364.